The van der Waals surface area contributed by atoms with Crippen molar-refractivity contribution in [3.05, 3.63) is 59.9 Å². The predicted molar refractivity (Wildman–Crippen MR) is 118 cm³/mol. The fraction of sp³-hybridized carbons (Fsp3) is 0.435. The van der Waals surface area contributed by atoms with Crippen molar-refractivity contribution < 1.29 is 18.8 Å². The van der Waals surface area contributed by atoms with E-state index < -0.39 is 0 Å². The third-order valence-corrected chi connectivity index (χ3v) is 5.63. The molecule has 6 nitrogen and oxygen atoms in total. The number of amides is 1. The Morgan fingerprint density at radius 1 is 1.13 bits per heavy atom. The number of benzene rings is 2. The summed E-state index contributed by atoms with van der Waals surface area (Å²) in [5.41, 5.74) is 3.39. The quantitative estimate of drug-likeness (QED) is 0.727. The summed E-state index contributed by atoms with van der Waals surface area (Å²) >= 11 is 0. The smallest absolute Gasteiger partial charge is 0.407 e. The molecule has 2 aromatic carbocycles. The van der Waals surface area contributed by atoms with Gasteiger partial charge in [0, 0.05) is 31.0 Å². The van der Waals surface area contributed by atoms with Gasteiger partial charge in [-0.1, -0.05) is 12.1 Å². The number of piperazine rings is 1. The van der Waals surface area contributed by atoms with Crippen molar-refractivity contribution in [2.24, 2.45) is 0 Å². The first-order valence-corrected chi connectivity index (χ1v) is 10.5. The van der Waals surface area contributed by atoms with Crippen LogP contribution in [0.3, 0.4) is 0 Å². The molecule has 1 fully saturated rings. The monoisotopic (exact) mass is 415 g/mol. The third-order valence-electron chi connectivity index (χ3n) is 5.63. The van der Waals surface area contributed by atoms with Crippen LogP contribution in [0.15, 0.2) is 48.5 Å². The number of carbonyl (C=O) groups excluding carboxylic acids is 1. The molecule has 0 aliphatic carbocycles. The average molecular weight is 416 g/mol. The number of nitrogens with one attached hydrogen (secondary N) is 2. The fourth-order valence-electron chi connectivity index (χ4n) is 3.92. The highest BCUT2D eigenvalue weighted by molar-refractivity contribution is 5.67. The zero-order chi connectivity index (χ0) is 21.5. The van der Waals surface area contributed by atoms with E-state index in [4.69, 9.17) is 4.74 Å². The molecule has 2 N–H and O–H groups in total. The Morgan fingerprint density at radius 3 is 2.33 bits per heavy atom. The van der Waals surface area contributed by atoms with Gasteiger partial charge in [-0.25, -0.2) is 9.18 Å². The first-order valence-electron chi connectivity index (χ1n) is 10.5. The minimum absolute atomic E-state index is 0.140. The maximum atomic E-state index is 13.2. The van der Waals surface area contributed by atoms with Gasteiger partial charge in [-0.15, -0.1) is 0 Å². The number of quaternary nitrogens is 1. The molecule has 3 rings (SSSR count). The third kappa shape index (κ3) is 5.63. The molecule has 0 aromatic heterocycles. The molecule has 1 atom stereocenters. The molecule has 1 saturated heterocycles. The normalized spacial score (nSPS) is 15.5. The molecule has 0 unspecified atom stereocenters. The topological polar surface area (TPSA) is 49.2 Å². The molecule has 162 valence electrons. The lowest BCUT2D eigenvalue weighted by molar-refractivity contribution is -0.931. The largest absolute Gasteiger partial charge is 0.450 e. The molecular formula is C23H32FN4O2+. The molecule has 1 aliphatic rings. The van der Waals surface area contributed by atoms with Crippen LogP contribution in [-0.4, -0.2) is 59.5 Å². The molecule has 7 heteroatoms. The van der Waals surface area contributed by atoms with Crippen LogP contribution in [0.4, 0.5) is 20.6 Å². The van der Waals surface area contributed by atoms with E-state index in [0.717, 1.165) is 37.6 Å². The van der Waals surface area contributed by atoms with Crippen LogP contribution in [-0.2, 0) is 4.74 Å². The van der Waals surface area contributed by atoms with Crippen LogP contribution in [0.25, 0.3) is 0 Å². The van der Waals surface area contributed by atoms with Crippen molar-refractivity contribution >= 4 is 17.5 Å². The number of hydrogen-bond donors (Lipinski definition) is 2. The lowest BCUT2D eigenvalue weighted by Crippen LogP contribution is -3.15. The van der Waals surface area contributed by atoms with Gasteiger partial charge in [0.05, 0.1) is 39.3 Å². The Hall–Kier alpha value is -2.80. The summed E-state index contributed by atoms with van der Waals surface area (Å²) in [5, 5.41) is 2.92. The van der Waals surface area contributed by atoms with Gasteiger partial charge in [-0.2, -0.15) is 0 Å². The second-order valence-electron chi connectivity index (χ2n) is 7.76. The van der Waals surface area contributed by atoms with Gasteiger partial charge < -0.3 is 24.8 Å². The van der Waals surface area contributed by atoms with Crippen molar-refractivity contribution in [3.8, 4) is 0 Å². The summed E-state index contributed by atoms with van der Waals surface area (Å²) in [6.07, 6.45) is -0.378. The van der Waals surface area contributed by atoms with Crippen molar-refractivity contribution in [3.63, 3.8) is 0 Å². The molecule has 0 saturated carbocycles. The van der Waals surface area contributed by atoms with E-state index in [2.05, 4.69) is 39.4 Å². The van der Waals surface area contributed by atoms with E-state index >= 15 is 0 Å². The molecule has 0 bridgehead atoms. The van der Waals surface area contributed by atoms with E-state index in [-0.39, 0.29) is 18.0 Å². The van der Waals surface area contributed by atoms with Gasteiger partial charge in [0.1, 0.15) is 11.9 Å². The Labute approximate surface area is 178 Å². The predicted octanol–water partition coefficient (Wildman–Crippen LogP) is 2.08. The van der Waals surface area contributed by atoms with E-state index in [1.165, 1.54) is 22.6 Å². The highest BCUT2D eigenvalue weighted by Gasteiger charge is 2.29. The van der Waals surface area contributed by atoms with Gasteiger partial charge in [0.15, 0.2) is 0 Å². The van der Waals surface area contributed by atoms with E-state index in [9.17, 15) is 9.18 Å². The zero-order valence-electron chi connectivity index (χ0n) is 18.0. The van der Waals surface area contributed by atoms with Crippen molar-refractivity contribution in [2.45, 2.75) is 13.0 Å². The number of rotatable bonds is 7. The van der Waals surface area contributed by atoms with Gasteiger partial charge in [-0.05, 0) is 43.3 Å². The Bertz CT molecular complexity index is 803. The highest BCUT2D eigenvalue weighted by Crippen LogP contribution is 2.18. The molecule has 30 heavy (non-hydrogen) atoms. The van der Waals surface area contributed by atoms with Crippen LogP contribution >= 0.6 is 0 Å². The van der Waals surface area contributed by atoms with Gasteiger partial charge in [0.2, 0.25) is 0 Å². The van der Waals surface area contributed by atoms with Gasteiger partial charge in [0.25, 0.3) is 0 Å². The number of anilines is 2. The molecule has 1 heterocycles. The van der Waals surface area contributed by atoms with Crippen LogP contribution in [0.2, 0.25) is 0 Å². The van der Waals surface area contributed by atoms with Crippen molar-refractivity contribution in [1.82, 2.24) is 5.32 Å². The maximum absolute atomic E-state index is 13.2. The Kier molecular flexibility index (Phi) is 7.52. The minimum atomic E-state index is -0.378. The zero-order valence-corrected chi connectivity index (χ0v) is 18.0. The molecule has 1 aliphatic heterocycles. The Morgan fingerprint density at radius 2 is 1.77 bits per heavy atom. The summed E-state index contributed by atoms with van der Waals surface area (Å²) in [7, 11) is 4.05. The van der Waals surface area contributed by atoms with Gasteiger partial charge in [-0.3, -0.25) is 0 Å². The summed E-state index contributed by atoms with van der Waals surface area (Å²) in [5.74, 6) is -0.214. The maximum Gasteiger partial charge on any atom is 0.407 e. The lowest BCUT2D eigenvalue weighted by atomic mass is 10.0. The van der Waals surface area contributed by atoms with Crippen LogP contribution in [0.5, 0.6) is 0 Å². The van der Waals surface area contributed by atoms with Gasteiger partial charge >= 0.3 is 6.09 Å². The summed E-state index contributed by atoms with van der Waals surface area (Å²) in [6, 6.07) is 15.3. The number of ether oxygens (including phenoxy) is 1. The number of nitrogens with zero attached hydrogens (tertiary/aromatic N) is 2. The number of carbonyl (C=O) groups is 1. The van der Waals surface area contributed by atoms with Crippen molar-refractivity contribution in [1.29, 1.82) is 0 Å². The van der Waals surface area contributed by atoms with Crippen LogP contribution in [0, 0.1) is 5.82 Å². The average Bonchev–Trinajstić information content (AvgIpc) is 2.75. The SMILES string of the molecule is CCOC(=O)NC[C@H](c1ccc(N(C)C)cc1)[NH+]1CCN(c2ccc(F)cc2)CC1. The van der Waals surface area contributed by atoms with E-state index in [1.807, 2.05) is 26.2 Å². The summed E-state index contributed by atoms with van der Waals surface area (Å²) in [4.78, 5) is 17.7. The summed E-state index contributed by atoms with van der Waals surface area (Å²) in [6.45, 7) is 6.31. The first kappa shape index (κ1) is 21.9. The molecule has 1 amide bonds. The van der Waals surface area contributed by atoms with Crippen LogP contribution in [0.1, 0.15) is 18.5 Å². The fourth-order valence-corrected chi connectivity index (χ4v) is 3.92. The van der Waals surface area contributed by atoms with E-state index in [1.54, 1.807) is 6.92 Å². The number of halogens is 1. The molecule has 0 radical (unpaired) electrons. The standard InChI is InChI=1S/C23H31FN4O2/c1-4-30-23(29)25-17-22(18-5-9-20(10-6-18)26(2)3)28-15-13-27(14-16-28)21-11-7-19(24)8-12-21/h5-12,22H,4,13-17H2,1-3H3,(H,25,29)/p+1/t22-/m1/s1. The minimum Gasteiger partial charge on any atom is -0.450 e. The molecule has 2 aromatic rings. The van der Waals surface area contributed by atoms with E-state index in [0.29, 0.717) is 13.2 Å². The second-order valence-corrected chi connectivity index (χ2v) is 7.76. The Balaban J connectivity index is 1.70. The van der Waals surface area contributed by atoms with Crippen molar-refractivity contribution in [2.75, 3.05) is 63.2 Å². The molecular weight excluding hydrogens is 383 g/mol. The molecule has 0 spiro atoms. The lowest BCUT2D eigenvalue weighted by Gasteiger charge is -2.38. The second kappa shape index (κ2) is 10.3. The summed E-state index contributed by atoms with van der Waals surface area (Å²) < 4.78 is 18.3. The number of hydrogen-bond acceptors (Lipinski definition) is 4. The highest BCUT2D eigenvalue weighted by atomic mass is 19.1. The number of alkyl carbamates (subject to hydrolysis) is 1. The first-order chi connectivity index (χ1) is 14.5. The van der Waals surface area contributed by atoms with Crippen LogP contribution < -0.4 is 20.0 Å².